The van der Waals surface area contributed by atoms with E-state index < -0.39 is 12.1 Å². The standard InChI is InChI=1S/C32H28BrNO5/c1-3-25-29(24-11-7-8-12-26(24)38-25)31(35)34-19-21-13-15-23-22(17-21)14-16-27(30(23)33)39-28(32(36)37-2)18-20-9-5-4-6-10-20/h4-17,28H,3,18-19H2,1-2H3,(H,34,35). The van der Waals surface area contributed by atoms with Gasteiger partial charge in [0.1, 0.15) is 17.1 Å². The van der Waals surface area contributed by atoms with Crippen LogP contribution in [0, 0.1) is 0 Å². The van der Waals surface area contributed by atoms with Crippen LogP contribution in [0.5, 0.6) is 5.75 Å². The summed E-state index contributed by atoms with van der Waals surface area (Å²) in [7, 11) is 1.36. The van der Waals surface area contributed by atoms with E-state index in [0.717, 1.165) is 31.8 Å². The van der Waals surface area contributed by atoms with E-state index in [0.29, 0.717) is 42.0 Å². The van der Waals surface area contributed by atoms with Crippen LogP contribution in [-0.2, 0) is 28.9 Å². The molecule has 198 valence electrons. The van der Waals surface area contributed by atoms with Gasteiger partial charge >= 0.3 is 5.97 Å². The first-order valence-electron chi connectivity index (χ1n) is 12.8. The summed E-state index contributed by atoms with van der Waals surface area (Å²) in [4.78, 5) is 25.6. The molecule has 0 saturated heterocycles. The van der Waals surface area contributed by atoms with Crippen molar-refractivity contribution >= 4 is 49.5 Å². The molecule has 1 heterocycles. The van der Waals surface area contributed by atoms with Crippen LogP contribution >= 0.6 is 15.9 Å². The summed E-state index contributed by atoms with van der Waals surface area (Å²) in [5.74, 6) is 0.637. The summed E-state index contributed by atoms with van der Waals surface area (Å²) in [5.41, 5.74) is 3.24. The number of hydrogen-bond acceptors (Lipinski definition) is 5. The van der Waals surface area contributed by atoms with Crippen molar-refractivity contribution in [2.24, 2.45) is 0 Å². The number of ether oxygens (including phenoxy) is 2. The third kappa shape index (κ3) is 5.68. The fourth-order valence-corrected chi connectivity index (χ4v) is 5.26. The van der Waals surface area contributed by atoms with Crippen LogP contribution in [0.15, 0.2) is 93.8 Å². The predicted octanol–water partition coefficient (Wildman–Crippen LogP) is 7.00. The highest BCUT2D eigenvalue weighted by atomic mass is 79.9. The number of esters is 1. The number of aryl methyl sites for hydroxylation is 1. The lowest BCUT2D eigenvalue weighted by Crippen LogP contribution is -2.31. The molecule has 5 rings (SSSR count). The molecular weight excluding hydrogens is 558 g/mol. The maximum absolute atomic E-state index is 13.1. The van der Waals surface area contributed by atoms with Crippen molar-refractivity contribution in [2.75, 3.05) is 7.11 Å². The van der Waals surface area contributed by atoms with E-state index in [2.05, 4.69) is 21.2 Å². The van der Waals surface area contributed by atoms with Crippen LogP contribution in [-0.4, -0.2) is 25.1 Å². The van der Waals surface area contributed by atoms with E-state index >= 15 is 0 Å². The number of furan rings is 1. The molecule has 5 aromatic rings. The number of hydrogen-bond donors (Lipinski definition) is 1. The Morgan fingerprint density at radius 3 is 2.46 bits per heavy atom. The zero-order valence-corrected chi connectivity index (χ0v) is 23.3. The summed E-state index contributed by atoms with van der Waals surface area (Å²) in [6.07, 6.45) is 0.240. The van der Waals surface area contributed by atoms with Crippen LogP contribution in [0.3, 0.4) is 0 Å². The van der Waals surface area contributed by atoms with Gasteiger partial charge in [0.05, 0.1) is 17.1 Å². The third-order valence-electron chi connectivity index (χ3n) is 6.65. The summed E-state index contributed by atoms with van der Waals surface area (Å²) in [6.45, 7) is 2.34. The molecule has 1 unspecified atom stereocenters. The average molecular weight is 586 g/mol. The van der Waals surface area contributed by atoms with Crippen LogP contribution < -0.4 is 10.1 Å². The Hall–Kier alpha value is -4.10. The topological polar surface area (TPSA) is 77.8 Å². The fourth-order valence-electron chi connectivity index (χ4n) is 4.67. The minimum absolute atomic E-state index is 0.158. The molecule has 0 aliphatic rings. The number of amides is 1. The normalized spacial score (nSPS) is 11.9. The van der Waals surface area contributed by atoms with E-state index in [9.17, 15) is 9.59 Å². The fraction of sp³-hybridized carbons (Fsp3) is 0.188. The van der Waals surface area contributed by atoms with E-state index in [1.807, 2.05) is 91.9 Å². The predicted molar refractivity (Wildman–Crippen MR) is 155 cm³/mol. The first-order valence-corrected chi connectivity index (χ1v) is 13.6. The third-order valence-corrected chi connectivity index (χ3v) is 7.47. The SMILES string of the molecule is CCc1oc2ccccc2c1C(=O)NCc1ccc2c(Br)c(OC(Cc3ccccc3)C(=O)OC)ccc2c1. The number of carbonyl (C=O) groups excluding carboxylic acids is 2. The average Bonchev–Trinajstić information content (AvgIpc) is 3.36. The number of halogens is 1. The second-order valence-corrected chi connectivity index (χ2v) is 9.98. The Bertz CT molecular complexity index is 1640. The van der Waals surface area contributed by atoms with Gasteiger partial charge < -0.3 is 19.2 Å². The second kappa shape index (κ2) is 11.7. The van der Waals surface area contributed by atoms with Crippen LogP contribution in [0.2, 0.25) is 0 Å². The van der Waals surface area contributed by atoms with Gasteiger partial charge in [0, 0.05) is 24.8 Å². The van der Waals surface area contributed by atoms with Crippen molar-refractivity contribution in [1.82, 2.24) is 5.32 Å². The van der Waals surface area contributed by atoms with Crippen LogP contribution in [0.4, 0.5) is 0 Å². The molecule has 1 atom stereocenters. The summed E-state index contributed by atoms with van der Waals surface area (Å²) < 4.78 is 17.7. The second-order valence-electron chi connectivity index (χ2n) is 9.19. The first-order chi connectivity index (χ1) is 19.0. The maximum Gasteiger partial charge on any atom is 0.347 e. The number of fused-ring (bicyclic) bond motifs is 2. The van der Waals surface area contributed by atoms with Crippen LogP contribution in [0.1, 0.15) is 34.2 Å². The molecule has 0 saturated carbocycles. The molecule has 0 aliphatic heterocycles. The zero-order chi connectivity index (χ0) is 27.4. The van der Waals surface area contributed by atoms with Crippen molar-refractivity contribution < 1.29 is 23.5 Å². The molecule has 0 aliphatic carbocycles. The lowest BCUT2D eigenvalue weighted by molar-refractivity contribution is -0.148. The Kier molecular flexibility index (Phi) is 7.98. The quantitative estimate of drug-likeness (QED) is 0.188. The number of nitrogens with one attached hydrogen (secondary N) is 1. The smallest absolute Gasteiger partial charge is 0.347 e. The highest BCUT2D eigenvalue weighted by molar-refractivity contribution is 9.10. The van der Waals surface area contributed by atoms with Crippen molar-refractivity contribution in [3.63, 3.8) is 0 Å². The van der Waals surface area contributed by atoms with Crippen molar-refractivity contribution in [1.29, 1.82) is 0 Å². The Balaban J connectivity index is 1.33. The van der Waals surface area contributed by atoms with Gasteiger partial charge in [-0.05, 0) is 56.0 Å². The number of methoxy groups -OCH3 is 1. The monoisotopic (exact) mass is 585 g/mol. The van der Waals surface area contributed by atoms with Crippen molar-refractivity contribution in [2.45, 2.75) is 32.4 Å². The van der Waals surface area contributed by atoms with Crippen molar-refractivity contribution in [3.8, 4) is 5.75 Å². The minimum atomic E-state index is -0.785. The molecular formula is C32H28BrNO5. The lowest BCUT2D eigenvalue weighted by Gasteiger charge is -2.19. The van der Waals surface area contributed by atoms with E-state index in [-0.39, 0.29) is 5.91 Å². The van der Waals surface area contributed by atoms with Gasteiger partial charge in [0.25, 0.3) is 5.91 Å². The Morgan fingerprint density at radius 1 is 0.923 bits per heavy atom. The molecule has 1 aromatic heterocycles. The van der Waals surface area contributed by atoms with Crippen LogP contribution in [0.25, 0.3) is 21.7 Å². The highest BCUT2D eigenvalue weighted by Crippen LogP contribution is 2.35. The molecule has 1 amide bonds. The molecule has 4 aromatic carbocycles. The molecule has 0 fully saturated rings. The number of rotatable bonds is 9. The summed E-state index contributed by atoms with van der Waals surface area (Å²) >= 11 is 3.66. The molecule has 39 heavy (non-hydrogen) atoms. The van der Waals surface area contributed by atoms with Gasteiger partial charge in [0.2, 0.25) is 0 Å². The number of benzene rings is 4. The number of carbonyl (C=O) groups is 2. The largest absolute Gasteiger partial charge is 0.477 e. The molecule has 6 nitrogen and oxygen atoms in total. The molecule has 7 heteroatoms. The van der Waals surface area contributed by atoms with Gasteiger partial charge in [-0.15, -0.1) is 0 Å². The zero-order valence-electron chi connectivity index (χ0n) is 21.7. The van der Waals surface area contributed by atoms with Gasteiger partial charge in [-0.1, -0.05) is 73.7 Å². The van der Waals surface area contributed by atoms with Gasteiger partial charge in [-0.25, -0.2) is 4.79 Å². The molecule has 1 N–H and O–H groups in total. The summed E-state index contributed by atoms with van der Waals surface area (Å²) in [6, 6.07) is 27.0. The first kappa shape index (κ1) is 26.5. The highest BCUT2D eigenvalue weighted by Gasteiger charge is 2.23. The molecule has 0 radical (unpaired) electrons. The van der Waals surface area contributed by atoms with E-state index in [1.54, 1.807) is 0 Å². The molecule has 0 bridgehead atoms. The van der Waals surface area contributed by atoms with E-state index in [4.69, 9.17) is 13.9 Å². The van der Waals surface area contributed by atoms with Crippen molar-refractivity contribution in [3.05, 3.63) is 112 Å². The number of para-hydroxylation sites is 1. The Morgan fingerprint density at radius 2 is 1.69 bits per heavy atom. The maximum atomic E-state index is 13.1. The Labute approximate surface area is 235 Å². The lowest BCUT2D eigenvalue weighted by atomic mass is 10.1. The van der Waals surface area contributed by atoms with Gasteiger partial charge in [-0.3, -0.25) is 4.79 Å². The summed E-state index contributed by atoms with van der Waals surface area (Å²) in [5, 5.41) is 5.76. The molecule has 0 spiro atoms. The van der Waals surface area contributed by atoms with Gasteiger partial charge in [0.15, 0.2) is 6.10 Å². The van der Waals surface area contributed by atoms with E-state index in [1.165, 1.54) is 7.11 Å². The van der Waals surface area contributed by atoms with Gasteiger partial charge in [-0.2, -0.15) is 0 Å². The minimum Gasteiger partial charge on any atom is -0.477 e.